The van der Waals surface area contributed by atoms with Crippen LogP contribution in [0, 0.1) is 5.92 Å². The molecule has 0 bridgehead atoms. The van der Waals surface area contributed by atoms with E-state index in [4.69, 9.17) is 16.7 Å². The fourth-order valence-electron chi connectivity index (χ4n) is 3.30. The van der Waals surface area contributed by atoms with Crippen LogP contribution in [0.3, 0.4) is 0 Å². The van der Waals surface area contributed by atoms with Gasteiger partial charge >= 0.3 is 0 Å². The Morgan fingerprint density at radius 3 is 2.65 bits per heavy atom. The standard InChI is InChI=1S/C18H16ClN3O/c1-21-11-12-10-17(23)22(14-8-6-13(19)7-9-14)20-18(12)15-4-2-3-5-16(15)21/h2-9,12H,10-11H2,1H3. The minimum absolute atomic E-state index is 0.0221. The van der Waals surface area contributed by atoms with Gasteiger partial charge < -0.3 is 4.90 Å². The molecule has 0 fully saturated rings. The summed E-state index contributed by atoms with van der Waals surface area (Å²) >= 11 is 5.94. The molecule has 2 aliphatic heterocycles. The number of halogens is 1. The maximum atomic E-state index is 12.5. The highest BCUT2D eigenvalue weighted by molar-refractivity contribution is 6.30. The largest absolute Gasteiger partial charge is 0.373 e. The molecule has 4 rings (SSSR count). The Hall–Kier alpha value is -2.33. The van der Waals surface area contributed by atoms with Crippen molar-refractivity contribution in [3.63, 3.8) is 0 Å². The Bertz CT molecular complexity index is 800. The number of carbonyl (C=O) groups is 1. The lowest BCUT2D eigenvalue weighted by atomic mass is 9.87. The van der Waals surface area contributed by atoms with Gasteiger partial charge in [0.25, 0.3) is 0 Å². The van der Waals surface area contributed by atoms with E-state index >= 15 is 0 Å². The van der Waals surface area contributed by atoms with Crippen LogP contribution < -0.4 is 9.91 Å². The number of anilines is 2. The lowest BCUT2D eigenvalue weighted by molar-refractivity contribution is -0.119. The van der Waals surface area contributed by atoms with Gasteiger partial charge in [0.2, 0.25) is 5.91 Å². The molecule has 2 aromatic rings. The smallest absolute Gasteiger partial charge is 0.248 e. The lowest BCUT2D eigenvalue weighted by Crippen LogP contribution is -2.45. The monoisotopic (exact) mass is 325 g/mol. The number of hydrazone groups is 1. The first kappa shape index (κ1) is 14.3. The van der Waals surface area contributed by atoms with Gasteiger partial charge in [0.1, 0.15) is 0 Å². The van der Waals surface area contributed by atoms with Gasteiger partial charge in [0, 0.05) is 42.2 Å². The van der Waals surface area contributed by atoms with E-state index < -0.39 is 0 Å². The van der Waals surface area contributed by atoms with E-state index in [1.807, 2.05) is 24.3 Å². The summed E-state index contributed by atoms with van der Waals surface area (Å²) in [5.74, 6) is 0.166. The fraction of sp³-hybridized carbons (Fsp3) is 0.222. The maximum Gasteiger partial charge on any atom is 0.248 e. The third kappa shape index (κ3) is 2.39. The number of fused-ring (bicyclic) bond motifs is 3. The number of benzene rings is 2. The number of rotatable bonds is 1. The van der Waals surface area contributed by atoms with Crippen LogP contribution in [-0.4, -0.2) is 25.2 Å². The molecule has 0 aromatic heterocycles. The Balaban J connectivity index is 1.81. The summed E-state index contributed by atoms with van der Waals surface area (Å²) in [6.07, 6.45) is 0.472. The zero-order chi connectivity index (χ0) is 16.0. The molecule has 4 nitrogen and oxygen atoms in total. The van der Waals surface area contributed by atoms with E-state index in [1.165, 1.54) is 5.01 Å². The molecule has 2 aliphatic rings. The molecule has 0 radical (unpaired) electrons. The van der Waals surface area contributed by atoms with E-state index in [0.717, 1.165) is 29.2 Å². The highest BCUT2D eigenvalue weighted by atomic mass is 35.5. The zero-order valence-electron chi connectivity index (χ0n) is 12.7. The van der Waals surface area contributed by atoms with Crippen LogP contribution in [0.2, 0.25) is 5.02 Å². The van der Waals surface area contributed by atoms with Crippen molar-refractivity contribution < 1.29 is 4.79 Å². The van der Waals surface area contributed by atoms with Crippen LogP contribution in [0.15, 0.2) is 53.6 Å². The first-order valence-electron chi connectivity index (χ1n) is 7.61. The second-order valence-corrected chi connectivity index (χ2v) is 6.40. The van der Waals surface area contributed by atoms with Gasteiger partial charge in [-0.15, -0.1) is 0 Å². The summed E-state index contributed by atoms with van der Waals surface area (Å²) in [6.45, 7) is 0.816. The van der Waals surface area contributed by atoms with E-state index in [1.54, 1.807) is 12.1 Å². The van der Waals surface area contributed by atoms with Gasteiger partial charge in [-0.1, -0.05) is 29.8 Å². The molecule has 23 heavy (non-hydrogen) atoms. The predicted octanol–water partition coefficient (Wildman–Crippen LogP) is 3.55. The van der Waals surface area contributed by atoms with E-state index in [0.29, 0.717) is 11.4 Å². The van der Waals surface area contributed by atoms with Crippen LogP contribution in [0.5, 0.6) is 0 Å². The molecule has 0 N–H and O–H groups in total. The van der Waals surface area contributed by atoms with Gasteiger partial charge in [-0.25, -0.2) is 5.01 Å². The summed E-state index contributed by atoms with van der Waals surface area (Å²) in [4.78, 5) is 14.7. The van der Waals surface area contributed by atoms with Gasteiger partial charge in [0.15, 0.2) is 0 Å². The van der Waals surface area contributed by atoms with Gasteiger partial charge in [-0.05, 0) is 30.3 Å². The molecule has 116 valence electrons. The van der Waals surface area contributed by atoms with Crippen molar-refractivity contribution in [1.82, 2.24) is 0 Å². The predicted molar refractivity (Wildman–Crippen MR) is 93.3 cm³/mol. The van der Waals surface area contributed by atoms with Gasteiger partial charge in [-0.3, -0.25) is 4.79 Å². The lowest BCUT2D eigenvalue weighted by Gasteiger charge is -2.38. The van der Waals surface area contributed by atoms with Gasteiger partial charge in [0.05, 0.1) is 11.4 Å². The molecular formula is C18H16ClN3O. The molecule has 1 unspecified atom stereocenters. The Morgan fingerprint density at radius 2 is 1.87 bits per heavy atom. The highest BCUT2D eigenvalue weighted by Gasteiger charge is 2.36. The number of hydrogen-bond acceptors (Lipinski definition) is 3. The second-order valence-electron chi connectivity index (χ2n) is 5.97. The zero-order valence-corrected chi connectivity index (χ0v) is 13.5. The normalized spacial score (nSPS) is 20.0. The number of amides is 1. The fourth-order valence-corrected chi connectivity index (χ4v) is 3.43. The van der Waals surface area contributed by atoms with Crippen molar-refractivity contribution in [3.8, 4) is 0 Å². The SMILES string of the molecule is CN1CC2CC(=O)N(c3ccc(Cl)cc3)N=C2c2ccccc21. The van der Waals surface area contributed by atoms with E-state index in [-0.39, 0.29) is 11.8 Å². The molecule has 1 atom stereocenters. The molecule has 0 aliphatic carbocycles. The van der Waals surface area contributed by atoms with Crippen LogP contribution in [-0.2, 0) is 4.79 Å². The highest BCUT2D eigenvalue weighted by Crippen LogP contribution is 2.34. The first-order chi connectivity index (χ1) is 11.1. The Kier molecular flexibility index (Phi) is 3.34. The van der Waals surface area contributed by atoms with Crippen molar-refractivity contribution in [1.29, 1.82) is 0 Å². The molecule has 2 heterocycles. The third-order valence-corrected chi connectivity index (χ3v) is 4.66. The summed E-state index contributed by atoms with van der Waals surface area (Å²) in [5.41, 5.74) is 4.01. The molecule has 0 saturated carbocycles. The van der Waals surface area contributed by atoms with E-state index in [2.05, 4.69) is 24.1 Å². The first-order valence-corrected chi connectivity index (χ1v) is 7.99. The summed E-state index contributed by atoms with van der Waals surface area (Å²) in [5, 5.41) is 6.84. The summed E-state index contributed by atoms with van der Waals surface area (Å²) in [7, 11) is 2.06. The minimum atomic E-state index is 0.0221. The number of nitrogens with zero attached hydrogens (tertiary/aromatic N) is 3. The van der Waals surface area contributed by atoms with E-state index in [9.17, 15) is 4.79 Å². The summed E-state index contributed by atoms with van der Waals surface area (Å²) in [6, 6.07) is 15.4. The molecule has 0 spiro atoms. The molecule has 5 heteroatoms. The third-order valence-electron chi connectivity index (χ3n) is 4.41. The van der Waals surface area contributed by atoms with Crippen LogP contribution in [0.4, 0.5) is 11.4 Å². The van der Waals surface area contributed by atoms with Gasteiger partial charge in [-0.2, -0.15) is 5.10 Å². The van der Waals surface area contributed by atoms with Crippen molar-refractivity contribution in [2.75, 3.05) is 23.5 Å². The molecule has 2 aromatic carbocycles. The number of para-hydroxylation sites is 1. The van der Waals surface area contributed by atoms with Crippen LogP contribution in [0.1, 0.15) is 12.0 Å². The molecule has 0 saturated heterocycles. The second kappa shape index (κ2) is 5.39. The van der Waals surface area contributed by atoms with Crippen molar-refractivity contribution in [3.05, 3.63) is 59.1 Å². The Morgan fingerprint density at radius 1 is 1.13 bits per heavy atom. The maximum absolute atomic E-state index is 12.5. The molecule has 1 amide bonds. The Labute approximate surface area is 140 Å². The average molecular weight is 326 g/mol. The number of hydrogen-bond donors (Lipinski definition) is 0. The quantitative estimate of drug-likeness (QED) is 0.804. The summed E-state index contributed by atoms with van der Waals surface area (Å²) < 4.78 is 0. The minimum Gasteiger partial charge on any atom is -0.373 e. The van der Waals surface area contributed by atoms with Crippen LogP contribution in [0.25, 0.3) is 0 Å². The van der Waals surface area contributed by atoms with Crippen molar-refractivity contribution >= 4 is 34.6 Å². The number of carbonyl (C=O) groups excluding carboxylic acids is 1. The average Bonchev–Trinajstić information content (AvgIpc) is 2.56. The van der Waals surface area contributed by atoms with Crippen LogP contribution >= 0.6 is 11.6 Å². The topological polar surface area (TPSA) is 35.9 Å². The van der Waals surface area contributed by atoms with Crippen molar-refractivity contribution in [2.24, 2.45) is 11.0 Å². The van der Waals surface area contributed by atoms with Crippen molar-refractivity contribution in [2.45, 2.75) is 6.42 Å². The molecular weight excluding hydrogens is 310 g/mol.